The first-order valence-electron chi connectivity index (χ1n) is 9.70. The second-order valence-corrected chi connectivity index (χ2v) is 7.39. The van der Waals surface area contributed by atoms with Gasteiger partial charge in [0.1, 0.15) is 12.4 Å². The van der Waals surface area contributed by atoms with E-state index in [1.165, 1.54) is 5.56 Å². The van der Waals surface area contributed by atoms with Crippen LogP contribution in [0.4, 0.5) is 0 Å². The summed E-state index contributed by atoms with van der Waals surface area (Å²) in [7, 11) is 0. The zero-order chi connectivity index (χ0) is 19.7. The number of hydrogen-bond donors (Lipinski definition) is 2. The van der Waals surface area contributed by atoms with Gasteiger partial charge in [-0.05, 0) is 56.0 Å². The maximum Gasteiger partial charge on any atom is 0.280 e. The highest BCUT2D eigenvalue weighted by atomic mass is 16.5. The predicted octanol–water partition coefficient (Wildman–Crippen LogP) is 2.57. The summed E-state index contributed by atoms with van der Waals surface area (Å²) in [6, 6.07) is 11.4. The number of phenolic OH excluding ortho intramolecular Hbond substituents is 1. The molecule has 3 aromatic rings. The molecule has 0 fully saturated rings. The molecule has 0 saturated carbocycles. The average Bonchev–Trinajstić information content (AvgIpc) is 3.09. The lowest BCUT2D eigenvalue weighted by Crippen LogP contribution is -2.31. The van der Waals surface area contributed by atoms with Gasteiger partial charge in [0.25, 0.3) is 5.56 Å². The van der Waals surface area contributed by atoms with Gasteiger partial charge in [0.15, 0.2) is 11.5 Å². The lowest BCUT2D eigenvalue weighted by molar-refractivity contribution is 0.291. The van der Waals surface area contributed by atoms with Gasteiger partial charge in [-0.1, -0.05) is 18.2 Å². The van der Waals surface area contributed by atoms with E-state index in [-0.39, 0.29) is 17.4 Å². The fourth-order valence-corrected chi connectivity index (χ4v) is 3.96. The maximum absolute atomic E-state index is 12.4. The summed E-state index contributed by atoms with van der Waals surface area (Å²) in [6.07, 6.45) is 1.78. The monoisotopic (exact) mass is 379 g/mol. The Bertz CT molecular complexity index is 1070. The quantitative estimate of drug-likeness (QED) is 0.617. The van der Waals surface area contributed by atoms with E-state index >= 15 is 0 Å². The molecule has 0 bridgehead atoms. The normalized spacial score (nSPS) is 13.8. The molecule has 1 atom stereocenters. The van der Waals surface area contributed by atoms with Crippen LogP contribution in [0, 0.1) is 6.92 Å². The van der Waals surface area contributed by atoms with Gasteiger partial charge in [-0.15, -0.1) is 0 Å². The molecule has 6 nitrogen and oxygen atoms in total. The molecule has 0 aliphatic carbocycles. The Kier molecular flexibility index (Phi) is 5.05. The van der Waals surface area contributed by atoms with Crippen LogP contribution < -0.4 is 15.6 Å². The average molecular weight is 379 g/mol. The third-order valence-electron chi connectivity index (χ3n) is 5.27. The highest BCUT2D eigenvalue weighted by Gasteiger charge is 2.19. The molecule has 0 saturated heterocycles. The van der Waals surface area contributed by atoms with Crippen molar-refractivity contribution in [3.05, 3.63) is 63.7 Å². The van der Waals surface area contributed by atoms with Crippen molar-refractivity contribution in [2.45, 2.75) is 39.3 Å². The largest absolute Gasteiger partial charge is 0.504 e. The Morgan fingerprint density at radius 2 is 2.14 bits per heavy atom. The second-order valence-electron chi connectivity index (χ2n) is 7.39. The van der Waals surface area contributed by atoms with Gasteiger partial charge in [-0.3, -0.25) is 4.79 Å². The molecule has 1 aliphatic heterocycles. The summed E-state index contributed by atoms with van der Waals surface area (Å²) < 4.78 is 7.75. The molecule has 28 heavy (non-hydrogen) atoms. The molecule has 2 heterocycles. The summed E-state index contributed by atoms with van der Waals surface area (Å²) in [5, 5.41) is 13.9. The van der Waals surface area contributed by atoms with Crippen LogP contribution in [0.3, 0.4) is 0 Å². The molecule has 1 aliphatic rings. The van der Waals surface area contributed by atoms with Crippen molar-refractivity contribution >= 4 is 10.9 Å². The minimum absolute atomic E-state index is 0.134. The van der Waals surface area contributed by atoms with E-state index in [4.69, 9.17) is 4.74 Å². The van der Waals surface area contributed by atoms with Crippen LogP contribution in [-0.4, -0.2) is 33.9 Å². The number of aromatic nitrogens is 2. The molecular weight excluding hydrogens is 354 g/mol. The molecule has 2 N–H and O–H groups in total. The van der Waals surface area contributed by atoms with Gasteiger partial charge in [0, 0.05) is 19.1 Å². The van der Waals surface area contributed by atoms with Gasteiger partial charge in [0.05, 0.1) is 10.9 Å². The van der Waals surface area contributed by atoms with Gasteiger partial charge in [-0.2, -0.15) is 4.98 Å². The first-order valence-corrected chi connectivity index (χ1v) is 9.70. The Morgan fingerprint density at radius 1 is 1.32 bits per heavy atom. The number of phenols is 1. The van der Waals surface area contributed by atoms with Crippen LogP contribution in [0.15, 0.2) is 41.2 Å². The molecule has 1 aromatic heterocycles. The first-order chi connectivity index (χ1) is 13.5. The Morgan fingerprint density at radius 3 is 2.96 bits per heavy atom. The van der Waals surface area contributed by atoms with Crippen LogP contribution in [-0.2, 0) is 19.4 Å². The minimum Gasteiger partial charge on any atom is -0.504 e. The first kappa shape index (κ1) is 18.5. The summed E-state index contributed by atoms with van der Waals surface area (Å²) >= 11 is 0. The number of ether oxygens (including phenoxy) is 1. The van der Waals surface area contributed by atoms with E-state index in [0.29, 0.717) is 18.9 Å². The third-order valence-corrected chi connectivity index (χ3v) is 5.27. The fraction of sp³-hybridized carbons (Fsp3) is 0.364. The van der Waals surface area contributed by atoms with Crippen molar-refractivity contribution in [1.82, 2.24) is 14.9 Å². The number of rotatable bonds is 7. The van der Waals surface area contributed by atoms with Crippen LogP contribution >= 0.6 is 0 Å². The highest BCUT2D eigenvalue weighted by molar-refractivity contribution is 5.83. The third kappa shape index (κ3) is 3.60. The van der Waals surface area contributed by atoms with Gasteiger partial charge in [0.2, 0.25) is 0 Å². The van der Waals surface area contributed by atoms with E-state index in [1.807, 2.05) is 19.1 Å². The Balaban J connectivity index is 1.39. The van der Waals surface area contributed by atoms with Crippen molar-refractivity contribution < 1.29 is 9.84 Å². The van der Waals surface area contributed by atoms with Crippen molar-refractivity contribution in [2.75, 3.05) is 13.2 Å². The van der Waals surface area contributed by atoms with Crippen molar-refractivity contribution in [3.63, 3.8) is 0 Å². The lowest BCUT2D eigenvalue weighted by Gasteiger charge is -2.16. The van der Waals surface area contributed by atoms with Crippen molar-refractivity contribution in [2.24, 2.45) is 0 Å². The molecule has 0 radical (unpaired) electrons. The Labute approximate surface area is 163 Å². The number of benzene rings is 2. The number of nitrogens with one attached hydrogen (secondary N) is 1. The van der Waals surface area contributed by atoms with Crippen molar-refractivity contribution in [1.29, 1.82) is 0 Å². The molecule has 0 spiro atoms. The van der Waals surface area contributed by atoms with E-state index in [0.717, 1.165) is 41.7 Å². The molecule has 146 valence electrons. The molecule has 6 heteroatoms. The standard InChI is InChI=1S/C22H25N3O3/c1-14(23-8-10-28-20-6-4-3-5-19(20)26)11-16-12-17-7-9-25-15(2)24-22(27)18(13-16)21(17)25/h3-6,12-14,23,26H,7-11H2,1-2H3. The van der Waals surface area contributed by atoms with Gasteiger partial charge >= 0.3 is 0 Å². The minimum atomic E-state index is -0.134. The van der Waals surface area contributed by atoms with Crippen LogP contribution in [0.2, 0.25) is 0 Å². The van der Waals surface area contributed by atoms with E-state index < -0.39 is 0 Å². The maximum atomic E-state index is 12.4. The molecule has 0 amide bonds. The number of para-hydroxylation sites is 2. The zero-order valence-electron chi connectivity index (χ0n) is 16.2. The number of hydrogen-bond acceptors (Lipinski definition) is 5. The van der Waals surface area contributed by atoms with Gasteiger partial charge in [-0.25, -0.2) is 0 Å². The van der Waals surface area contributed by atoms with Gasteiger partial charge < -0.3 is 19.7 Å². The molecule has 4 rings (SSSR count). The second kappa shape index (κ2) is 7.64. The topological polar surface area (TPSA) is 76.4 Å². The zero-order valence-corrected chi connectivity index (χ0v) is 16.2. The summed E-state index contributed by atoms with van der Waals surface area (Å²) in [6.45, 7) is 6.05. The summed E-state index contributed by atoms with van der Waals surface area (Å²) in [5.74, 6) is 1.44. The predicted molar refractivity (Wildman–Crippen MR) is 109 cm³/mol. The smallest absolute Gasteiger partial charge is 0.280 e. The summed E-state index contributed by atoms with van der Waals surface area (Å²) in [4.78, 5) is 16.5. The Hall–Kier alpha value is -2.86. The SMILES string of the molecule is Cc1nc(=O)c2cc(CC(C)NCCOc3ccccc3O)cc3c2n1CC3. The molecular formula is C22H25N3O3. The molecule has 1 unspecified atom stereocenters. The van der Waals surface area contributed by atoms with E-state index in [2.05, 4.69) is 27.9 Å². The number of aromatic hydroxyl groups is 1. The molecule has 2 aromatic carbocycles. The number of nitrogens with zero attached hydrogens (tertiary/aromatic N) is 2. The van der Waals surface area contributed by atoms with Crippen LogP contribution in [0.1, 0.15) is 23.9 Å². The van der Waals surface area contributed by atoms with E-state index in [1.54, 1.807) is 18.2 Å². The van der Waals surface area contributed by atoms with E-state index in [9.17, 15) is 9.90 Å². The number of aryl methyl sites for hydroxylation is 3. The van der Waals surface area contributed by atoms with Crippen molar-refractivity contribution in [3.8, 4) is 11.5 Å². The summed E-state index contributed by atoms with van der Waals surface area (Å²) in [5.41, 5.74) is 3.31. The fourth-order valence-electron chi connectivity index (χ4n) is 3.96. The van der Waals surface area contributed by atoms with Crippen LogP contribution in [0.5, 0.6) is 11.5 Å². The highest BCUT2D eigenvalue weighted by Crippen LogP contribution is 2.26. The van der Waals surface area contributed by atoms with Crippen LogP contribution in [0.25, 0.3) is 10.9 Å². The lowest BCUT2D eigenvalue weighted by atomic mass is 10.0.